The van der Waals surface area contributed by atoms with Gasteiger partial charge in [-0.2, -0.15) is 0 Å². The summed E-state index contributed by atoms with van der Waals surface area (Å²) in [7, 11) is 1.64. The fraction of sp³-hybridized carbons (Fsp3) is 0.536. The molecule has 2 aromatic carbocycles. The van der Waals surface area contributed by atoms with Gasteiger partial charge in [-0.3, -0.25) is 4.79 Å². The molecule has 0 unspecified atom stereocenters. The lowest BCUT2D eigenvalue weighted by atomic mass is 10.0. The van der Waals surface area contributed by atoms with Crippen molar-refractivity contribution in [3.63, 3.8) is 0 Å². The number of unbranched alkanes of at least 4 members (excludes halogenated alkanes) is 3. The first-order valence-corrected chi connectivity index (χ1v) is 12.4. The van der Waals surface area contributed by atoms with Crippen LogP contribution in [0.3, 0.4) is 0 Å². The lowest BCUT2D eigenvalue weighted by Crippen LogP contribution is -2.08. The number of Topliss-reactive ketones (excluding diaryl/α,β-unsaturated/α-hetero) is 1. The van der Waals surface area contributed by atoms with Crippen LogP contribution in [0.5, 0.6) is 23.0 Å². The van der Waals surface area contributed by atoms with Gasteiger partial charge < -0.3 is 18.9 Å². The Morgan fingerprint density at radius 1 is 0.788 bits per heavy atom. The van der Waals surface area contributed by atoms with Crippen LogP contribution in [0.15, 0.2) is 36.4 Å². The summed E-state index contributed by atoms with van der Waals surface area (Å²) < 4.78 is 23.5. The van der Waals surface area contributed by atoms with Gasteiger partial charge in [0.2, 0.25) is 0 Å². The number of rotatable bonds is 17. The van der Waals surface area contributed by atoms with E-state index in [0.29, 0.717) is 55.5 Å². The Balaban J connectivity index is 2.21. The van der Waals surface area contributed by atoms with Crippen molar-refractivity contribution < 1.29 is 23.7 Å². The molecule has 5 heteroatoms. The minimum atomic E-state index is 0.0536. The maximum absolute atomic E-state index is 13.1. The lowest BCUT2D eigenvalue weighted by Gasteiger charge is -2.17. The predicted octanol–water partition coefficient (Wildman–Crippen LogP) is 7.05. The Morgan fingerprint density at radius 3 is 2.09 bits per heavy atom. The van der Waals surface area contributed by atoms with Crippen LogP contribution < -0.4 is 18.9 Å². The molecule has 0 saturated heterocycles. The van der Waals surface area contributed by atoms with Gasteiger partial charge in [0, 0.05) is 18.1 Å². The van der Waals surface area contributed by atoms with E-state index >= 15 is 0 Å². The van der Waals surface area contributed by atoms with Gasteiger partial charge in [0.15, 0.2) is 17.3 Å². The Morgan fingerprint density at radius 2 is 1.42 bits per heavy atom. The third-order valence-electron chi connectivity index (χ3n) is 5.40. The number of para-hydroxylation sites is 1. The quantitative estimate of drug-likeness (QED) is 0.189. The van der Waals surface area contributed by atoms with Crippen molar-refractivity contribution >= 4 is 5.78 Å². The van der Waals surface area contributed by atoms with Gasteiger partial charge in [-0.25, -0.2) is 0 Å². The summed E-state index contributed by atoms with van der Waals surface area (Å²) in [6.45, 7) is 8.26. The highest BCUT2D eigenvalue weighted by atomic mass is 16.5. The Kier molecular flexibility index (Phi) is 12.2. The van der Waals surface area contributed by atoms with Crippen LogP contribution in [0.1, 0.15) is 81.6 Å². The van der Waals surface area contributed by atoms with Gasteiger partial charge in [-0.1, -0.05) is 52.2 Å². The molecule has 182 valence electrons. The number of ketones is 1. The lowest BCUT2D eigenvalue weighted by molar-refractivity contribution is 0.0978. The van der Waals surface area contributed by atoms with E-state index in [9.17, 15) is 4.79 Å². The number of ether oxygens (including phenoxy) is 4. The highest BCUT2D eigenvalue weighted by Crippen LogP contribution is 2.37. The molecule has 0 bridgehead atoms. The van der Waals surface area contributed by atoms with E-state index in [2.05, 4.69) is 20.8 Å². The summed E-state index contributed by atoms with van der Waals surface area (Å²) in [5, 5.41) is 0. The maximum Gasteiger partial charge on any atom is 0.166 e. The second-order valence-corrected chi connectivity index (χ2v) is 8.14. The number of hydrogen-bond donors (Lipinski definition) is 0. The van der Waals surface area contributed by atoms with Crippen LogP contribution in [0.4, 0.5) is 0 Å². The van der Waals surface area contributed by atoms with Crippen LogP contribution in [0.25, 0.3) is 0 Å². The van der Waals surface area contributed by atoms with Gasteiger partial charge in [0.25, 0.3) is 0 Å². The topological polar surface area (TPSA) is 54.0 Å². The summed E-state index contributed by atoms with van der Waals surface area (Å²) in [5.74, 6) is 2.80. The SMILES string of the molecule is CCCCOc1cc(CCC(=O)c2ccccc2OCCCC)c(OCCCC)c(OC)c1. The summed E-state index contributed by atoms with van der Waals surface area (Å²) in [6.07, 6.45) is 6.95. The van der Waals surface area contributed by atoms with Gasteiger partial charge in [0.1, 0.15) is 11.5 Å². The average Bonchev–Trinajstić information content (AvgIpc) is 2.84. The largest absolute Gasteiger partial charge is 0.493 e. The molecular formula is C28H40O5. The van der Waals surface area contributed by atoms with E-state index in [4.69, 9.17) is 18.9 Å². The van der Waals surface area contributed by atoms with E-state index in [1.54, 1.807) is 7.11 Å². The first-order chi connectivity index (χ1) is 16.1. The van der Waals surface area contributed by atoms with Crippen molar-refractivity contribution in [2.24, 2.45) is 0 Å². The van der Waals surface area contributed by atoms with Crippen LogP contribution in [0, 0.1) is 0 Å². The first kappa shape index (κ1) is 26.6. The summed E-state index contributed by atoms with van der Waals surface area (Å²) in [6, 6.07) is 11.3. The molecular weight excluding hydrogens is 416 g/mol. The molecule has 0 saturated carbocycles. The molecule has 0 fully saturated rings. The first-order valence-electron chi connectivity index (χ1n) is 12.4. The third-order valence-corrected chi connectivity index (χ3v) is 5.40. The zero-order valence-electron chi connectivity index (χ0n) is 20.8. The number of aryl methyl sites for hydroxylation is 1. The molecule has 0 N–H and O–H groups in total. The van der Waals surface area contributed by atoms with Gasteiger partial charge in [-0.05, 0) is 43.9 Å². The molecule has 0 heterocycles. The van der Waals surface area contributed by atoms with Crippen molar-refractivity contribution in [3.8, 4) is 23.0 Å². The Hall–Kier alpha value is -2.69. The Labute approximate surface area is 199 Å². The highest BCUT2D eigenvalue weighted by molar-refractivity contribution is 5.98. The normalized spacial score (nSPS) is 10.7. The van der Waals surface area contributed by atoms with Gasteiger partial charge in [-0.15, -0.1) is 0 Å². The summed E-state index contributed by atoms with van der Waals surface area (Å²) in [5.41, 5.74) is 1.55. The smallest absolute Gasteiger partial charge is 0.166 e. The molecule has 0 aliphatic heterocycles. The molecule has 2 rings (SSSR count). The van der Waals surface area contributed by atoms with Crippen molar-refractivity contribution in [2.75, 3.05) is 26.9 Å². The van der Waals surface area contributed by atoms with E-state index in [1.807, 2.05) is 36.4 Å². The molecule has 2 aromatic rings. The number of hydrogen-bond acceptors (Lipinski definition) is 5. The van der Waals surface area contributed by atoms with Gasteiger partial charge >= 0.3 is 0 Å². The maximum atomic E-state index is 13.1. The van der Waals surface area contributed by atoms with Crippen LogP contribution >= 0.6 is 0 Å². The summed E-state index contributed by atoms with van der Waals surface area (Å²) in [4.78, 5) is 13.1. The molecule has 5 nitrogen and oxygen atoms in total. The average molecular weight is 457 g/mol. The second-order valence-electron chi connectivity index (χ2n) is 8.14. The number of benzene rings is 2. The van der Waals surface area contributed by atoms with Crippen LogP contribution in [0.2, 0.25) is 0 Å². The fourth-order valence-corrected chi connectivity index (χ4v) is 3.40. The molecule has 0 atom stereocenters. The molecule has 0 aliphatic carbocycles. The van der Waals surface area contributed by atoms with Crippen molar-refractivity contribution in [1.29, 1.82) is 0 Å². The van der Waals surface area contributed by atoms with E-state index in [1.165, 1.54) is 0 Å². The van der Waals surface area contributed by atoms with Crippen molar-refractivity contribution in [3.05, 3.63) is 47.5 Å². The zero-order chi connectivity index (χ0) is 23.9. The van der Waals surface area contributed by atoms with E-state index in [0.717, 1.165) is 49.8 Å². The van der Waals surface area contributed by atoms with Crippen molar-refractivity contribution in [1.82, 2.24) is 0 Å². The predicted molar refractivity (Wildman–Crippen MR) is 133 cm³/mol. The minimum Gasteiger partial charge on any atom is -0.493 e. The van der Waals surface area contributed by atoms with Crippen LogP contribution in [-0.4, -0.2) is 32.7 Å². The molecule has 33 heavy (non-hydrogen) atoms. The third kappa shape index (κ3) is 8.64. The molecule has 0 amide bonds. The molecule has 0 aliphatic rings. The zero-order valence-corrected chi connectivity index (χ0v) is 20.8. The number of methoxy groups -OCH3 is 1. The molecule has 0 radical (unpaired) electrons. The van der Waals surface area contributed by atoms with Gasteiger partial charge in [0.05, 0.1) is 32.5 Å². The van der Waals surface area contributed by atoms with Crippen LogP contribution in [-0.2, 0) is 6.42 Å². The molecule has 0 spiro atoms. The monoisotopic (exact) mass is 456 g/mol. The van der Waals surface area contributed by atoms with E-state index in [-0.39, 0.29) is 5.78 Å². The van der Waals surface area contributed by atoms with E-state index < -0.39 is 0 Å². The summed E-state index contributed by atoms with van der Waals surface area (Å²) >= 11 is 0. The fourth-order valence-electron chi connectivity index (χ4n) is 3.40. The minimum absolute atomic E-state index is 0.0536. The number of carbonyl (C=O) groups is 1. The Bertz CT molecular complexity index is 846. The second kappa shape index (κ2) is 15.2. The highest BCUT2D eigenvalue weighted by Gasteiger charge is 2.18. The standard InChI is InChI=1S/C28H40O5/c1-5-8-17-31-23-20-22(28(27(21-23)30-4)33-19-10-7-3)15-16-25(29)24-13-11-12-14-26(24)32-18-9-6-2/h11-14,20-21H,5-10,15-19H2,1-4H3. The van der Waals surface area contributed by atoms with Crippen molar-refractivity contribution in [2.45, 2.75) is 72.1 Å². The number of carbonyl (C=O) groups excluding carboxylic acids is 1. The molecule has 0 aromatic heterocycles.